The van der Waals surface area contributed by atoms with Crippen LogP contribution in [0.4, 0.5) is 0 Å². The molecule has 0 saturated carbocycles. The maximum absolute atomic E-state index is 13.8. The van der Waals surface area contributed by atoms with E-state index in [-0.39, 0.29) is 30.3 Å². The molecule has 232 valence electrons. The molecule has 1 atom stereocenters. The molecule has 5 rings (SSSR count). The fraction of sp³-hybridized carbons (Fsp3) is 0.448. The van der Waals surface area contributed by atoms with E-state index < -0.39 is 22.0 Å². The van der Waals surface area contributed by atoms with Gasteiger partial charge >= 0.3 is 0 Å². The molecular weight excluding hydrogens is 594 g/mol. The molecule has 2 aliphatic heterocycles. The quantitative estimate of drug-likeness (QED) is 0.154. The van der Waals surface area contributed by atoms with Gasteiger partial charge in [0.25, 0.3) is 5.91 Å². The lowest BCUT2D eigenvalue weighted by atomic mass is 9.98. The van der Waals surface area contributed by atoms with E-state index in [1.165, 1.54) is 31.4 Å². The number of rotatable bonds is 12. The van der Waals surface area contributed by atoms with Crippen LogP contribution in [-0.2, 0) is 43.9 Å². The van der Waals surface area contributed by atoms with Gasteiger partial charge in [0.1, 0.15) is 18.3 Å². The third-order valence-corrected chi connectivity index (χ3v) is 10.7. The summed E-state index contributed by atoms with van der Waals surface area (Å²) in [4.78, 5) is 28.3. The molecule has 2 amide bonds. The fourth-order valence-corrected chi connectivity index (χ4v) is 7.97. The van der Waals surface area contributed by atoms with Gasteiger partial charge in [-0.3, -0.25) is 19.7 Å². The number of carbonyl (C=O) groups excluding carboxylic acids is 2. The number of hydrogen-bond acceptors (Lipinski definition) is 9. The first-order chi connectivity index (χ1) is 20.8. The highest BCUT2D eigenvalue weighted by molar-refractivity contribution is 7.99. The normalized spacial score (nSPS) is 17.9. The lowest BCUT2D eigenvalue weighted by Crippen LogP contribution is -2.52. The lowest BCUT2D eigenvalue weighted by molar-refractivity contribution is -0.133. The van der Waals surface area contributed by atoms with Crippen LogP contribution < -0.4 is 15.5 Å². The predicted octanol–water partition coefficient (Wildman–Crippen LogP) is 1.45. The van der Waals surface area contributed by atoms with Gasteiger partial charge in [0.15, 0.2) is 0 Å². The molecule has 12 nitrogen and oxygen atoms in total. The highest BCUT2D eigenvalue weighted by Crippen LogP contribution is 2.36. The van der Waals surface area contributed by atoms with E-state index in [9.17, 15) is 23.2 Å². The van der Waals surface area contributed by atoms with Crippen LogP contribution in [0.2, 0.25) is 0 Å². The van der Waals surface area contributed by atoms with Crippen molar-refractivity contribution in [1.82, 2.24) is 24.6 Å². The Kier molecular flexibility index (Phi) is 10.3. The van der Waals surface area contributed by atoms with E-state index in [4.69, 9.17) is 9.47 Å². The van der Waals surface area contributed by atoms with Crippen molar-refractivity contribution in [2.45, 2.75) is 30.4 Å². The third-order valence-electron chi connectivity index (χ3n) is 7.85. The molecule has 1 aromatic heterocycles. The van der Waals surface area contributed by atoms with Crippen LogP contribution in [0.5, 0.6) is 5.75 Å². The van der Waals surface area contributed by atoms with Gasteiger partial charge < -0.3 is 19.4 Å². The van der Waals surface area contributed by atoms with Crippen LogP contribution in [0.15, 0.2) is 53.4 Å². The second-order valence-corrected chi connectivity index (χ2v) is 13.5. The standard InChI is InChI=1S/C29H37N5O7S2/c1-40-21-6-8-22(9-7-21)43(38,39)34-19-27-24(18-26(34)29(36)31-37)23-4-2-3-5-25(23)33(27)20-28(35)30-10-16-42-17-13-32-11-14-41-15-12-32/h2-9,26,37H,10-20H2,1H3,(H,30,35)(H,31,36)/t26-/m1/s1. The third kappa shape index (κ3) is 7.00. The molecule has 1 fully saturated rings. The molecule has 3 N–H and O–H groups in total. The molecule has 3 aromatic rings. The number of nitrogens with one attached hydrogen (secondary N) is 2. The van der Waals surface area contributed by atoms with E-state index in [0.717, 1.165) is 65.1 Å². The average Bonchev–Trinajstić information content (AvgIpc) is 3.34. The van der Waals surface area contributed by atoms with Crippen LogP contribution in [0, 0.1) is 0 Å². The van der Waals surface area contributed by atoms with E-state index in [2.05, 4.69) is 10.2 Å². The maximum Gasteiger partial charge on any atom is 0.262 e. The summed E-state index contributed by atoms with van der Waals surface area (Å²) >= 11 is 1.79. The maximum atomic E-state index is 13.8. The van der Waals surface area contributed by atoms with Gasteiger partial charge in [0.2, 0.25) is 15.9 Å². The molecule has 2 aliphatic rings. The first kappa shape index (κ1) is 31.3. The van der Waals surface area contributed by atoms with Gasteiger partial charge in [-0.25, -0.2) is 13.9 Å². The highest BCUT2D eigenvalue weighted by Gasteiger charge is 2.42. The van der Waals surface area contributed by atoms with Gasteiger partial charge in [-0.15, -0.1) is 0 Å². The number of ether oxygens (including phenoxy) is 2. The second kappa shape index (κ2) is 14.1. The minimum Gasteiger partial charge on any atom is -0.497 e. The second-order valence-electron chi connectivity index (χ2n) is 10.4. The lowest BCUT2D eigenvalue weighted by Gasteiger charge is -2.34. The Morgan fingerprint density at radius 3 is 2.56 bits per heavy atom. The Hall–Kier alpha value is -3.14. The molecule has 3 heterocycles. The number of sulfonamides is 1. The van der Waals surface area contributed by atoms with Crippen molar-refractivity contribution in [2.75, 3.05) is 58.0 Å². The summed E-state index contributed by atoms with van der Waals surface area (Å²) in [5, 5.41) is 13.3. The number of thioether (sulfide) groups is 1. The van der Waals surface area contributed by atoms with Crippen LogP contribution in [-0.4, -0.2) is 103 Å². The smallest absolute Gasteiger partial charge is 0.262 e. The molecule has 0 bridgehead atoms. The monoisotopic (exact) mass is 631 g/mol. The number of nitrogens with zero attached hydrogens (tertiary/aromatic N) is 3. The highest BCUT2D eigenvalue weighted by atomic mass is 32.2. The molecule has 0 radical (unpaired) electrons. The number of morpholine rings is 1. The van der Waals surface area contributed by atoms with Crippen LogP contribution in [0.3, 0.4) is 0 Å². The van der Waals surface area contributed by atoms with E-state index in [0.29, 0.717) is 18.0 Å². The SMILES string of the molecule is COc1ccc(S(=O)(=O)N2Cc3c(c4ccccc4n3CC(=O)NCCSCCN3CCOCC3)C[C@@H]2C(=O)NO)cc1. The van der Waals surface area contributed by atoms with E-state index in [1.54, 1.807) is 17.2 Å². The van der Waals surface area contributed by atoms with Crippen LogP contribution in [0.25, 0.3) is 10.9 Å². The Bertz CT molecular complexity index is 1540. The van der Waals surface area contributed by atoms with Crippen LogP contribution in [0.1, 0.15) is 11.3 Å². The van der Waals surface area contributed by atoms with Crippen molar-refractivity contribution in [3.8, 4) is 5.75 Å². The first-order valence-electron chi connectivity index (χ1n) is 14.2. The Labute approximate surface area is 255 Å². The van der Waals surface area contributed by atoms with E-state index in [1.807, 2.05) is 28.8 Å². The zero-order valence-electron chi connectivity index (χ0n) is 24.0. The number of amides is 2. The number of benzene rings is 2. The molecule has 0 unspecified atom stereocenters. The summed E-state index contributed by atoms with van der Waals surface area (Å²) < 4.78 is 41.1. The Balaban J connectivity index is 1.33. The van der Waals surface area contributed by atoms with Crippen molar-refractivity contribution < 1.29 is 32.7 Å². The van der Waals surface area contributed by atoms with Crippen molar-refractivity contribution in [1.29, 1.82) is 0 Å². The number of hydroxylamine groups is 1. The summed E-state index contributed by atoms with van der Waals surface area (Å²) in [6.07, 6.45) is 0.0338. The topological polar surface area (TPSA) is 142 Å². The van der Waals surface area contributed by atoms with Crippen molar-refractivity contribution in [3.63, 3.8) is 0 Å². The number of methoxy groups -OCH3 is 1. The van der Waals surface area contributed by atoms with Gasteiger partial charge in [-0.1, -0.05) is 18.2 Å². The zero-order valence-corrected chi connectivity index (χ0v) is 25.7. The fourth-order valence-electron chi connectivity index (χ4n) is 5.59. The van der Waals surface area contributed by atoms with Gasteiger partial charge in [0, 0.05) is 60.7 Å². The summed E-state index contributed by atoms with van der Waals surface area (Å²) in [7, 11) is -2.69. The largest absolute Gasteiger partial charge is 0.497 e. The number of carbonyl (C=O) groups is 2. The number of hydrogen-bond donors (Lipinski definition) is 3. The summed E-state index contributed by atoms with van der Waals surface area (Å²) in [6, 6.07) is 12.2. The Morgan fingerprint density at radius 2 is 1.84 bits per heavy atom. The number of fused-ring (bicyclic) bond motifs is 3. The molecule has 1 saturated heterocycles. The van der Waals surface area contributed by atoms with Crippen molar-refractivity contribution in [3.05, 3.63) is 59.8 Å². The molecule has 14 heteroatoms. The van der Waals surface area contributed by atoms with Crippen molar-refractivity contribution >= 4 is 44.5 Å². The molecule has 2 aromatic carbocycles. The molecule has 43 heavy (non-hydrogen) atoms. The molecule has 0 spiro atoms. The molecular formula is C29H37N5O7S2. The Morgan fingerprint density at radius 1 is 1.09 bits per heavy atom. The average molecular weight is 632 g/mol. The number of para-hydroxylation sites is 1. The predicted molar refractivity (Wildman–Crippen MR) is 163 cm³/mol. The minimum atomic E-state index is -4.17. The molecule has 0 aliphatic carbocycles. The minimum absolute atomic E-state index is 0.00157. The zero-order chi connectivity index (χ0) is 30.4. The summed E-state index contributed by atoms with van der Waals surface area (Å²) in [5.74, 6) is 1.24. The van der Waals surface area contributed by atoms with Crippen LogP contribution >= 0.6 is 11.8 Å². The van der Waals surface area contributed by atoms with E-state index >= 15 is 0 Å². The first-order valence-corrected chi connectivity index (χ1v) is 16.8. The van der Waals surface area contributed by atoms with Crippen molar-refractivity contribution in [2.24, 2.45) is 0 Å². The van der Waals surface area contributed by atoms with Gasteiger partial charge in [-0.05, 0) is 35.9 Å². The number of aromatic nitrogens is 1. The summed E-state index contributed by atoms with van der Waals surface area (Å²) in [6.45, 7) is 4.83. The summed E-state index contributed by atoms with van der Waals surface area (Å²) in [5.41, 5.74) is 3.82. The van der Waals surface area contributed by atoms with Gasteiger partial charge in [0.05, 0.1) is 31.8 Å². The van der Waals surface area contributed by atoms with Gasteiger partial charge in [-0.2, -0.15) is 16.1 Å².